The molecule has 0 aliphatic rings. The second-order valence-corrected chi connectivity index (χ2v) is 7.95. The minimum absolute atomic E-state index is 0.0330. The van der Waals surface area contributed by atoms with Crippen LogP contribution in [0.5, 0.6) is 5.75 Å². The second-order valence-electron chi connectivity index (χ2n) is 5.62. The standard InChI is InChI=1S/C14H22O3Si/c1-14(2,3)10-7-8-11(13(15)16-4)12(9-10)17-18(5)6/h7-9,18H,1-6H3. The minimum atomic E-state index is -1.26. The highest BCUT2D eigenvalue weighted by Gasteiger charge is 2.19. The number of ether oxygens (including phenoxy) is 1. The van der Waals surface area contributed by atoms with Crippen LogP contribution in [0.2, 0.25) is 13.1 Å². The number of carbonyl (C=O) groups excluding carboxylic acids is 1. The second kappa shape index (κ2) is 5.57. The molecule has 100 valence electrons. The van der Waals surface area contributed by atoms with Crippen LogP contribution in [0.15, 0.2) is 18.2 Å². The highest BCUT2D eigenvalue weighted by Crippen LogP contribution is 2.29. The van der Waals surface area contributed by atoms with E-state index in [0.717, 1.165) is 5.56 Å². The zero-order valence-electron chi connectivity index (χ0n) is 12.0. The van der Waals surface area contributed by atoms with Gasteiger partial charge in [0.25, 0.3) is 0 Å². The number of methoxy groups -OCH3 is 1. The number of esters is 1. The average molecular weight is 266 g/mol. The van der Waals surface area contributed by atoms with Gasteiger partial charge in [0.05, 0.1) is 7.11 Å². The van der Waals surface area contributed by atoms with Crippen LogP contribution in [0.25, 0.3) is 0 Å². The molecule has 0 fully saturated rings. The summed E-state index contributed by atoms with van der Waals surface area (Å²) in [6.07, 6.45) is 0. The zero-order valence-corrected chi connectivity index (χ0v) is 13.2. The molecule has 1 rings (SSSR count). The fraction of sp³-hybridized carbons (Fsp3) is 0.500. The third-order valence-corrected chi connectivity index (χ3v) is 3.34. The van der Waals surface area contributed by atoms with E-state index in [1.54, 1.807) is 6.07 Å². The molecule has 0 saturated heterocycles. The Balaban J connectivity index is 3.24. The maximum atomic E-state index is 11.7. The van der Waals surface area contributed by atoms with Crippen LogP contribution in [0.3, 0.4) is 0 Å². The fourth-order valence-electron chi connectivity index (χ4n) is 1.62. The molecule has 3 nitrogen and oxygen atoms in total. The maximum absolute atomic E-state index is 11.7. The predicted molar refractivity (Wildman–Crippen MR) is 76.0 cm³/mol. The van der Waals surface area contributed by atoms with Crippen molar-refractivity contribution in [2.45, 2.75) is 39.3 Å². The Morgan fingerprint density at radius 2 is 1.83 bits per heavy atom. The number of rotatable bonds is 3. The smallest absolute Gasteiger partial charge is 0.341 e. The van der Waals surface area contributed by atoms with Gasteiger partial charge in [0.1, 0.15) is 11.3 Å². The Hall–Kier alpha value is -1.29. The summed E-state index contributed by atoms with van der Waals surface area (Å²) in [5, 5.41) is 0. The van der Waals surface area contributed by atoms with Gasteiger partial charge in [-0.3, -0.25) is 0 Å². The van der Waals surface area contributed by atoms with Crippen LogP contribution in [-0.4, -0.2) is 22.1 Å². The molecular formula is C14H22O3Si. The molecule has 0 atom stereocenters. The first-order chi connectivity index (χ1) is 8.25. The van der Waals surface area contributed by atoms with Crippen molar-refractivity contribution in [3.8, 4) is 5.75 Å². The molecule has 0 unspecified atom stereocenters. The molecule has 0 spiro atoms. The van der Waals surface area contributed by atoms with Crippen molar-refractivity contribution in [1.29, 1.82) is 0 Å². The lowest BCUT2D eigenvalue weighted by molar-refractivity contribution is 0.0598. The van der Waals surface area contributed by atoms with Crippen molar-refractivity contribution >= 4 is 15.0 Å². The van der Waals surface area contributed by atoms with E-state index in [-0.39, 0.29) is 11.4 Å². The quantitative estimate of drug-likeness (QED) is 0.623. The van der Waals surface area contributed by atoms with Gasteiger partial charge in [0.15, 0.2) is 0 Å². The van der Waals surface area contributed by atoms with Crippen LogP contribution in [0.4, 0.5) is 0 Å². The SMILES string of the molecule is COC(=O)c1ccc(C(C)(C)C)cc1O[SiH](C)C. The first kappa shape index (κ1) is 14.8. The molecule has 0 radical (unpaired) electrons. The average Bonchev–Trinajstić information content (AvgIpc) is 2.26. The summed E-state index contributed by atoms with van der Waals surface area (Å²) < 4.78 is 10.6. The van der Waals surface area contributed by atoms with E-state index in [2.05, 4.69) is 33.9 Å². The Labute approximate surface area is 111 Å². The summed E-state index contributed by atoms with van der Waals surface area (Å²) in [7, 11) is 0.126. The van der Waals surface area contributed by atoms with Gasteiger partial charge in [-0.2, -0.15) is 0 Å². The van der Waals surface area contributed by atoms with Crippen LogP contribution in [0, 0.1) is 0 Å². The molecule has 0 bridgehead atoms. The molecule has 0 aliphatic carbocycles. The van der Waals surface area contributed by atoms with Crippen molar-refractivity contribution in [3.63, 3.8) is 0 Å². The first-order valence-corrected chi connectivity index (χ1v) is 8.93. The van der Waals surface area contributed by atoms with E-state index in [1.165, 1.54) is 7.11 Å². The van der Waals surface area contributed by atoms with Gasteiger partial charge >= 0.3 is 5.97 Å². The number of benzene rings is 1. The molecule has 18 heavy (non-hydrogen) atoms. The van der Waals surface area contributed by atoms with Gasteiger partial charge < -0.3 is 9.16 Å². The lowest BCUT2D eigenvalue weighted by atomic mass is 9.86. The van der Waals surface area contributed by atoms with E-state index < -0.39 is 9.04 Å². The summed E-state index contributed by atoms with van der Waals surface area (Å²) in [6.45, 7) is 10.6. The van der Waals surface area contributed by atoms with Gasteiger partial charge in [0, 0.05) is 0 Å². The molecule has 0 aromatic heterocycles. The van der Waals surface area contributed by atoms with E-state index in [0.29, 0.717) is 11.3 Å². The predicted octanol–water partition coefficient (Wildman–Crippen LogP) is 3.13. The van der Waals surface area contributed by atoms with Crippen molar-refractivity contribution in [2.24, 2.45) is 0 Å². The van der Waals surface area contributed by atoms with E-state index in [1.807, 2.05) is 12.1 Å². The first-order valence-electron chi connectivity index (χ1n) is 6.15. The van der Waals surface area contributed by atoms with Gasteiger partial charge in [-0.25, -0.2) is 4.79 Å². The van der Waals surface area contributed by atoms with Crippen molar-refractivity contribution in [1.82, 2.24) is 0 Å². The summed E-state index contributed by atoms with van der Waals surface area (Å²) in [4.78, 5) is 11.7. The molecule has 0 saturated carbocycles. The van der Waals surface area contributed by atoms with Crippen molar-refractivity contribution < 1.29 is 14.0 Å². The minimum Gasteiger partial charge on any atom is -0.546 e. The maximum Gasteiger partial charge on any atom is 0.341 e. The highest BCUT2D eigenvalue weighted by molar-refractivity contribution is 6.49. The van der Waals surface area contributed by atoms with E-state index in [9.17, 15) is 4.79 Å². The third-order valence-electron chi connectivity index (χ3n) is 2.62. The Morgan fingerprint density at radius 3 is 2.28 bits per heavy atom. The lowest BCUT2D eigenvalue weighted by Crippen LogP contribution is -2.17. The largest absolute Gasteiger partial charge is 0.546 e. The van der Waals surface area contributed by atoms with Crippen LogP contribution >= 0.6 is 0 Å². The van der Waals surface area contributed by atoms with Crippen molar-refractivity contribution in [2.75, 3.05) is 7.11 Å². The monoisotopic (exact) mass is 266 g/mol. The topological polar surface area (TPSA) is 35.5 Å². The Kier molecular flexibility index (Phi) is 4.57. The van der Waals surface area contributed by atoms with Crippen LogP contribution < -0.4 is 4.43 Å². The van der Waals surface area contributed by atoms with Gasteiger partial charge in [-0.05, 0) is 36.2 Å². The van der Waals surface area contributed by atoms with Crippen LogP contribution in [0.1, 0.15) is 36.7 Å². The Bertz CT molecular complexity index is 433. The molecule has 1 aromatic rings. The number of carbonyl (C=O) groups is 1. The van der Waals surface area contributed by atoms with Crippen LogP contribution in [-0.2, 0) is 10.2 Å². The fourth-order valence-corrected chi connectivity index (χ4v) is 2.32. The molecule has 0 amide bonds. The van der Waals surface area contributed by atoms with Gasteiger partial charge in [0.2, 0.25) is 9.04 Å². The molecule has 0 heterocycles. The summed E-state index contributed by atoms with van der Waals surface area (Å²) in [6, 6.07) is 5.71. The van der Waals surface area contributed by atoms with Gasteiger partial charge in [-0.15, -0.1) is 0 Å². The highest BCUT2D eigenvalue weighted by atomic mass is 28.3. The third kappa shape index (κ3) is 3.60. The normalized spacial score (nSPS) is 11.5. The summed E-state index contributed by atoms with van der Waals surface area (Å²) in [5.41, 5.74) is 1.69. The molecule has 4 heteroatoms. The van der Waals surface area contributed by atoms with E-state index in [4.69, 9.17) is 9.16 Å². The number of hydrogen-bond acceptors (Lipinski definition) is 3. The zero-order chi connectivity index (χ0) is 13.9. The Morgan fingerprint density at radius 1 is 1.22 bits per heavy atom. The molecule has 0 aliphatic heterocycles. The number of hydrogen-bond donors (Lipinski definition) is 0. The molecule has 1 aromatic carbocycles. The van der Waals surface area contributed by atoms with Crippen molar-refractivity contribution in [3.05, 3.63) is 29.3 Å². The van der Waals surface area contributed by atoms with Gasteiger partial charge in [-0.1, -0.05) is 26.8 Å². The lowest BCUT2D eigenvalue weighted by Gasteiger charge is -2.22. The molecular weight excluding hydrogens is 244 g/mol. The molecule has 0 N–H and O–H groups in total. The van der Waals surface area contributed by atoms with E-state index >= 15 is 0 Å². The summed E-state index contributed by atoms with van der Waals surface area (Å²) >= 11 is 0. The summed E-state index contributed by atoms with van der Waals surface area (Å²) in [5.74, 6) is 0.302.